The van der Waals surface area contributed by atoms with Gasteiger partial charge in [0.05, 0.1) is 0 Å². The minimum absolute atomic E-state index is 0.0115. The van der Waals surface area contributed by atoms with E-state index in [1.807, 2.05) is 20.8 Å². The maximum absolute atomic E-state index is 11.6. The highest BCUT2D eigenvalue weighted by atomic mass is 16.6. The van der Waals surface area contributed by atoms with Gasteiger partial charge in [-0.2, -0.15) is 0 Å². The summed E-state index contributed by atoms with van der Waals surface area (Å²) < 4.78 is 5.16. The van der Waals surface area contributed by atoms with Crippen LogP contribution < -0.4 is 5.32 Å². The van der Waals surface area contributed by atoms with E-state index in [0.29, 0.717) is 6.54 Å². The first-order chi connectivity index (χ1) is 8.33. The van der Waals surface area contributed by atoms with Gasteiger partial charge in [-0.3, -0.25) is 4.79 Å². The number of alkyl carbamates (subject to hydrolysis) is 1. The van der Waals surface area contributed by atoms with Crippen molar-refractivity contribution in [3.8, 4) is 0 Å². The van der Waals surface area contributed by atoms with E-state index >= 15 is 0 Å². The summed E-state index contributed by atoms with van der Waals surface area (Å²) in [5.74, 6) is 0.309. The van der Waals surface area contributed by atoms with E-state index in [4.69, 9.17) is 4.74 Å². The minimum Gasteiger partial charge on any atom is -0.444 e. The van der Waals surface area contributed by atoms with Gasteiger partial charge in [0.1, 0.15) is 5.60 Å². The first-order valence-corrected chi connectivity index (χ1v) is 6.46. The largest absolute Gasteiger partial charge is 0.444 e. The Hall–Kier alpha value is -1.32. The second kappa shape index (κ2) is 6.03. The molecule has 0 saturated heterocycles. The first-order valence-electron chi connectivity index (χ1n) is 6.46. The summed E-state index contributed by atoms with van der Waals surface area (Å²) in [5, 5.41) is 2.74. The summed E-state index contributed by atoms with van der Waals surface area (Å²) in [5.41, 5.74) is -0.490. The highest BCUT2D eigenvalue weighted by Crippen LogP contribution is 2.32. The number of nitrogens with one attached hydrogen (secondary N) is 1. The van der Waals surface area contributed by atoms with Crippen LogP contribution in [0.5, 0.6) is 0 Å². The van der Waals surface area contributed by atoms with Crippen LogP contribution in [0.25, 0.3) is 0 Å². The van der Waals surface area contributed by atoms with Gasteiger partial charge in [-0.15, -0.1) is 0 Å². The molecular formula is C14H23NO3. The van der Waals surface area contributed by atoms with Crippen LogP contribution in [0, 0.1) is 11.8 Å². The number of allylic oxidation sites excluding steroid dienone is 1. The van der Waals surface area contributed by atoms with Crippen molar-refractivity contribution in [3.05, 3.63) is 12.7 Å². The quantitative estimate of drug-likeness (QED) is 0.784. The Bertz CT molecular complexity index is 330. The van der Waals surface area contributed by atoms with Crippen molar-refractivity contribution in [2.24, 2.45) is 11.8 Å². The van der Waals surface area contributed by atoms with Gasteiger partial charge in [0.2, 0.25) is 0 Å². The maximum Gasteiger partial charge on any atom is 0.407 e. The Morgan fingerprint density at radius 2 is 2.06 bits per heavy atom. The molecule has 18 heavy (non-hydrogen) atoms. The van der Waals surface area contributed by atoms with Gasteiger partial charge < -0.3 is 10.1 Å². The van der Waals surface area contributed by atoms with E-state index < -0.39 is 11.7 Å². The molecule has 1 fully saturated rings. The van der Waals surface area contributed by atoms with Crippen LogP contribution in [-0.4, -0.2) is 24.0 Å². The Kier molecular flexibility index (Phi) is 4.93. The minimum atomic E-state index is -0.490. The van der Waals surface area contributed by atoms with Crippen LogP contribution in [0.1, 0.15) is 40.0 Å². The van der Waals surface area contributed by atoms with E-state index in [0.717, 1.165) is 19.3 Å². The first kappa shape index (κ1) is 14.7. The monoisotopic (exact) mass is 253 g/mol. The normalized spacial score (nSPS) is 23.5. The topological polar surface area (TPSA) is 55.4 Å². The molecule has 1 rings (SSSR count). The second-order valence-electron chi connectivity index (χ2n) is 5.79. The van der Waals surface area contributed by atoms with E-state index in [2.05, 4.69) is 11.9 Å². The third-order valence-corrected chi connectivity index (χ3v) is 3.13. The molecule has 102 valence electrons. The zero-order chi connectivity index (χ0) is 13.8. The number of rotatable bonds is 4. The standard InChI is InChI=1S/C14H23NO3/c1-5-12(16)11-8-6-7-10(11)9-15-13(17)18-14(2,3)4/h5,10-11H,1,6-9H2,2-4H3,(H,15,17). The molecule has 4 heteroatoms. The van der Waals surface area contributed by atoms with Gasteiger partial charge in [0.25, 0.3) is 0 Å². The average molecular weight is 253 g/mol. The molecule has 0 aromatic carbocycles. The summed E-state index contributed by atoms with van der Waals surface area (Å²) >= 11 is 0. The van der Waals surface area contributed by atoms with Gasteiger partial charge >= 0.3 is 6.09 Å². The summed E-state index contributed by atoms with van der Waals surface area (Å²) in [6, 6.07) is 0. The molecule has 0 bridgehead atoms. The summed E-state index contributed by atoms with van der Waals surface area (Å²) in [6.45, 7) is 9.50. The zero-order valence-electron chi connectivity index (χ0n) is 11.5. The van der Waals surface area contributed by atoms with Crippen molar-refractivity contribution in [2.45, 2.75) is 45.6 Å². The Morgan fingerprint density at radius 1 is 1.39 bits per heavy atom. The number of hydrogen-bond acceptors (Lipinski definition) is 3. The Morgan fingerprint density at radius 3 is 2.61 bits per heavy atom. The third kappa shape index (κ3) is 4.51. The molecule has 0 aromatic rings. The third-order valence-electron chi connectivity index (χ3n) is 3.13. The van der Waals surface area contributed by atoms with Crippen molar-refractivity contribution in [1.82, 2.24) is 5.32 Å². The molecule has 2 unspecified atom stereocenters. The van der Waals surface area contributed by atoms with Gasteiger partial charge in [-0.05, 0) is 45.6 Å². The van der Waals surface area contributed by atoms with Gasteiger partial charge in [0.15, 0.2) is 5.78 Å². The molecule has 1 N–H and O–H groups in total. The number of carbonyl (C=O) groups is 2. The molecule has 0 spiro atoms. The predicted octanol–water partition coefficient (Wildman–Crippen LogP) is 2.68. The fraction of sp³-hybridized carbons (Fsp3) is 0.714. The molecule has 0 radical (unpaired) electrons. The molecule has 1 aliphatic rings. The summed E-state index contributed by atoms with van der Waals surface area (Å²) in [4.78, 5) is 23.2. The molecular weight excluding hydrogens is 230 g/mol. The lowest BCUT2D eigenvalue weighted by Crippen LogP contribution is -2.36. The Labute approximate surface area is 109 Å². The zero-order valence-corrected chi connectivity index (χ0v) is 11.5. The lowest BCUT2D eigenvalue weighted by atomic mass is 9.92. The fourth-order valence-electron chi connectivity index (χ4n) is 2.34. The molecule has 0 aliphatic heterocycles. The number of amides is 1. The number of carbonyl (C=O) groups excluding carboxylic acids is 2. The molecule has 2 atom stereocenters. The van der Waals surface area contributed by atoms with E-state index in [9.17, 15) is 9.59 Å². The van der Waals surface area contributed by atoms with Crippen molar-refractivity contribution in [2.75, 3.05) is 6.54 Å². The average Bonchev–Trinajstić information content (AvgIpc) is 2.71. The molecule has 0 aromatic heterocycles. The van der Waals surface area contributed by atoms with Gasteiger partial charge in [0, 0.05) is 12.5 Å². The summed E-state index contributed by atoms with van der Waals surface area (Å²) in [6.07, 6.45) is 3.87. The van der Waals surface area contributed by atoms with E-state index in [1.54, 1.807) is 0 Å². The van der Waals surface area contributed by atoms with E-state index in [1.165, 1.54) is 6.08 Å². The molecule has 1 saturated carbocycles. The van der Waals surface area contributed by atoms with Crippen LogP contribution in [0.2, 0.25) is 0 Å². The molecule has 1 amide bonds. The molecule has 4 nitrogen and oxygen atoms in total. The predicted molar refractivity (Wildman–Crippen MR) is 70.3 cm³/mol. The second-order valence-corrected chi connectivity index (χ2v) is 5.79. The molecule has 1 aliphatic carbocycles. The van der Waals surface area contributed by atoms with Crippen LogP contribution in [0.15, 0.2) is 12.7 Å². The van der Waals surface area contributed by atoms with Crippen molar-refractivity contribution in [1.29, 1.82) is 0 Å². The lowest BCUT2D eigenvalue weighted by Gasteiger charge is -2.22. The van der Waals surface area contributed by atoms with Crippen molar-refractivity contribution < 1.29 is 14.3 Å². The summed E-state index contributed by atoms with van der Waals surface area (Å²) in [7, 11) is 0. The highest BCUT2D eigenvalue weighted by molar-refractivity contribution is 5.91. The smallest absolute Gasteiger partial charge is 0.407 e. The van der Waals surface area contributed by atoms with Crippen molar-refractivity contribution >= 4 is 11.9 Å². The maximum atomic E-state index is 11.6. The van der Waals surface area contributed by atoms with Gasteiger partial charge in [-0.25, -0.2) is 4.79 Å². The van der Waals surface area contributed by atoms with Gasteiger partial charge in [-0.1, -0.05) is 13.0 Å². The Balaban J connectivity index is 2.41. The fourth-order valence-corrected chi connectivity index (χ4v) is 2.34. The highest BCUT2D eigenvalue weighted by Gasteiger charge is 2.31. The van der Waals surface area contributed by atoms with Crippen molar-refractivity contribution in [3.63, 3.8) is 0 Å². The number of ketones is 1. The molecule has 0 heterocycles. The SMILES string of the molecule is C=CC(=O)C1CCCC1CNC(=O)OC(C)(C)C. The van der Waals surface area contributed by atoms with Crippen LogP contribution >= 0.6 is 0 Å². The lowest BCUT2D eigenvalue weighted by molar-refractivity contribution is -0.119. The number of ether oxygens (including phenoxy) is 1. The van der Waals surface area contributed by atoms with E-state index in [-0.39, 0.29) is 17.6 Å². The van der Waals surface area contributed by atoms with Crippen LogP contribution in [0.3, 0.4) is 0 Å². The van der Waals surface area contributed by atoms with Crippen LogP contribution in [-0.2, 0) is 9.53 Å². The van der Waals surface area contributed by atoms with Crippen LogP contribution in [0.4, 0.5) is 4.79 Å². The number of hydrogen-bond donors (Lipinski definition) is 1.